The van der Waals surface area contributed by atoms with E-state index in [-0.39, 0.29) is 5.02 Å². The molecule has 5 nitrogen and oxygen atoms in total. The molecule has 8 heteroatoms. The highest BCUT2D eigenvalue weighted by Crippen LogP contribution is 2.40. The van der Waals surface area contributed by atoms with Crippen LogP contribution >= 0.6 is 23.2 Å². The monoisotopic (exact) mass is 443 g/mol. The van der Waals surface area contributed by atoms with Gasteiger partial charge in [-0.1, -0.05) is 23.2 Å². The highest BCUT2D eigenvalue weighted by atomic mass is 35.5. The maximum absolute atomic E-state index is 14.1. The van der Waals surface area contributed by atoms with Crippen molar-refractivity contribution >= 4 is 34.1 Å². The van der Waals surface area contributed by atoms with E-state index in [9.17, 15) is 4.39 Å². The van der Waals surface area contributed by atoms with Crippen LogP contribution in [0.25, 0.3) is 33.3 Å². The van der Waals surface area contributed by atoms with Crippen molar-refractivity contribution in [2.45, 2.75) is 18.9 Å². The van der Waals surface area contributed by atoms with Gasteiger partial charge in [0, 0.05) is 41.5 Å². The van der Waals surface area contributed by atoms with Crippen LogP contribution in [0.15, 0.2) is 43.0 Å². The Morgan fingerprint density at radius 2 is 1.93 bits per heavy atom. The molecule has 0 unspecified atom stereocenters. The minimum Gasteiger partial charge on any atom is -0.342 e. The van der Waals surface area contributed by atoms with E-state index in [0.29, 0.717) is 16.6 Å². The van der Waals surface area contributed by atoms with E-state index in [4.69, 9.17) is 23.2 Å². The fourth-order valence-electron chi connectivity index (χ4n) is 4.22. The zero-order valence-electron chi connectivity index (χ0n) is 16.4. The molecule has 1 aromatic carbocycles. The molecule has 1 fully saturated rings. The minimum absolute atomic E-state index is 0.0154. The third-order valence-corrected chi connectivity index (χ3v) is 6.55. The Labute approximate surface area is 183 Å². The summed E-state index contributed by atoms with van der Waals surface area (Å²) in [4.78, 5) is 4.43. The summed E-state index contributed by atoms with van der Waals surface area (Å²) in [5.41, 5.74) is 4.10. The smallest absolute Gasteiger partial charge is 0.142 e. The average molecular weight is 444 g/mol. The molecule has 0 amide bonds. The molecule has 0 saturated carbocycles. The van der Waals surface area contributed by atoms with E-state index >= 15 is 0 Å². The normalized spacial score (nSPS) is 15.2. The Morgan fingerprint density at radius 1 is 1.13 bits per heavy atom. The summed E-state index contributed by atoms with van der Waals surface area (Å²) < 4.78 is 18.1. The Morgan fingerprint density at radius 3 is 2.73 bits per heavy atom. The number of fused-ring (bicyclic) bond motifs is 1. The number of rotatable bonds is 3. The Balaban J connectivity index is 1.63. The van der Waals surface area contributed by atoms with Gasteiger partial charge in [-0.15, -0.1) is 0 Å². The number of hydrogen-bond donors (Lipinski definition) is 1. The SMILES string of the molecule is Cn1c(-c2c(Cl)ccc(F)c2Cl)cc2c(-c3cnn(C4CCNCC4)c3)cncc21. The molecule has 4 heterocycles. The average Bonchev–Trinajstić information content (AvgIpc) is 3.38. The number of pyridine rings is 1. The fraction of sp³-hybridized carbons (Fsp3) is 0.273. The van der Waals surface area contributed by atoms with Crippen molar-refractivity contribution in [3.63, 3.8) is 0 Å². The fourth-order valence-corrected chi connectivity index (χ4v) is 4.79. The molecule has 4 aromatic rings. The van der Waals surface area contributed by atoms with Crippen LogP contribution in [-0.2, 0) is 7.05 Å². The molecule has 154 valence electrons. The number of hydrogen-bond acceptors (Lipinski definition) is 3. The maximum Gasteiger partial charge on any atom is 0.142 e. The molecule has 0 bridgehead atoms. The Kier molecular flexibility index (Phi) is 5.01. The topological polar surface area (TPSA) is 47.7 Å². The van der Waals surface area contributed by atoms with E-state index in [2.05, 4.69) is 26.3 Å². The minimum atomic E-state index is -0.497. The number of aromatic nitrogens is 4. The van der Waals surface area contributed by atoms with Crippen LogP contribution in [0.2, 0.25) is 10.0 Å². The van der Waals surface area contributed by atoms with Crippen molar-refractivity contribution in [2.24, 2.45) is 7.05 Å². The van der Waals surface area contributed by atoms with Gasteiger partial charge in [0.25, 0.3) is 0 Å². The predicted octanol–water partition coefficient (Wildman–Crippen LogP) is 5.47. The first-order valence-corrected chi connectivity index (χ1v) is 10.6. The highest BCUT2D eigenvalue weighted by molar-refractivity contribution is 6.39. The van der Waals surface area contributed by atoms with E-state index in [0.717, 1.165) is 53.7 Å². The second-order valence-electron chi connectivity index (χ2n) is 7.62. The lowest BCUT2D eigenvalue weighted by molar-refractivity contribution is 0.343. The van der Waals surface area contributed by atoms with Gasteiger partial charge in [0.1, 0.15) is 5.82 Å². The molecule has 3 aromatic heterocycles. The molecule has 5 rings (SSSR count). The number of aryl methyl sites for hydroxylation is 1. The number of nitrogens with one attached hydrogen (secondary N) is 1. The summed E-state index contributed by atoms with van der Waals surface area (Å²) in [5, 5.41) is 9.40. The summed E-state index contributed by atoms with van der Waals surface area (Å²) in [7, 11) is 1.90. The lowest BCUT2D eigenvalue weighted by Gasteiger charge is -2.22. The number of piperidine rings is 1. The van der Waals surface area contributed by atoms with Crippen LogP contribution in [0.4, 0.5) is 4.39 Å². The van der Waals surface area contributed by atoms with Crippen molar-refractivity contribution in [1.29, 1.82) is 0 Å². The van der Waals surface area contributed by atoms with E-state index in [1.165, 1.54) is 12.1 Å². The van der Waals surface area contributed by atoms with Crippen LogP contribution in [0.5, 0.6) is 0 Å². The van der Waals surface area contributed by atoms with Gasteiger partial charge in [-0.05, 0) is 44.1 Å². The molecule has 1 N–H and O–H groups in total. The summed E-state index contributed by atoms with van der Waals surface area (Å²) in [5.74, 6) is -0.497. The van der Waals surface area contributed by atoms with Gasteiger partial charge in [-0.3, -0.25) is 9.67 Å². The molecule has 1 aliphatic rings. The second kappa shape index (κ2) is 7.69. The van der Waals surface area contributed by atoms with Crippen LogP contribution in [0, 0.1) is 5.82 Å². The lowest BCUT2D eigenvalue weighted by Crippen LogP contribution is -2.29. The first kappa shape index (κ1) is 19.5. The number of nitrogens with zero attached hydrogens (tertiary/aromatic N) is 4. The third kappa shape index (κ3) is 3.20. The van der Waals surface area contributed by atoms with Crippen molar-refractivity contribution in [3.05, 3.63) is 58.8 Å². The summed E-state index contributed by atoms with van der Waals surface area (Å²) >= 11 is 12.7. The molecular weight excluding hydrogens is 424 g/mol. The molecule has 0 atom stereocenters. The molecule has 1 aliphatic heterocycles. The second-order valence-corrected chi connectivity index (χ2v) is 8.40. The largest absolute Gasteiger partial charge is 0.342 e. The quantitative estimate of drug-likeness (QED) is 0.426. The van der Waals surface area contributed by atoms with E-state index in [1.807, 2.05) is 30.1 Å². The first-order valence-electron chi connectivity index (χ1n) is 9.87. The van der Waals surface area contributed by atoms with Crippen LogP contribution in [-0.4, -0.2) is 32.4 Å². The standard InChI is InChI=1S/C22H20Cl2FN5/c1-29-19(21-17(23)2-3-18(25)22(21)24)8-15-16(10-27-11-20(15)29)13-9-28-30(12-13)14-4-6-26-7-5-14/h2-3,8-12,14,26H,4-7H2,1H3. The van der Waals surface area contributed by atoms with Crippen molar-refractivity contribution in [3.8, 4) is 22.4 Å². The molecular formula is C22H20Cl2FN5. The summed E-state index contributed by atoms with van der Waals surface area (Å²) in [6, 6.07) is 5.20. The van der Waals surface area contributed by atoms with Gasteiger partial charge < -0.3 is 9.88 Å². The van der Waals surface area contributed by atoms with Crippen molar-refractivity contribution < 1.29 is 4.39 Å². The van der Waals surface area contributed by atoms with Crippen molar-refractivity contribution in [2.75, 3.05) is 13.1 Å². The zero-order chi connectivity index (χ0) is 20.8. The maximum atomic E-state index is 14.1. The van der Waals surface area contributed by atoms with Gasteiger partial charge in [-0.2, -0.15) is 5.10 Å². The molecule has 0 radical (unpaired) electrons. The van der Waals surface area contributed by atoms with Gasteiger partial charge in [0.05, 0.1) is 39.7 Å². The predicted molar refractivity (Wildman–Crippen MR) is 118 cm³/mol. The van der Waals surface area contributed by atoms with E-state index in [1.54, 1.807) is 6.20 Å². The van der Waals surface area contributed by atoms with Crippen LogP contribution in [0.1, 0.15) is 18.9 Å². The van der Waals surface area contributed by atoms with Crippen molar-refractivity contribution in [1.82, 2.24) is 24.6 Å². The van der Waals surface area contributed by atoms with Gasteiger partial charge in [0.2, 0.25) is 0 Å². The zero-order valence-corrected chi connectivity index (χ0v) is 17.9. The molecule has 1 saturated heterocycles. The van der Waals surface area contributed by atoms with Crippen LogP contribution < -0.4 is 5.32 Å². The summed E-state index contributed by atoms with van der Waals surface area (Å²) in [6.07, 6.45) is 9.73. The number of benzene rings is 1. The van der Waals surface area contributed by atoms with Gasteiger partial charge in [-0.25, -0.2) is 4.39 Å². The number of halogens is 3. The Hall–Kier alpha value is -2.41. The van der Waals surface area contributed by atoms with Gasteiger partial charge >= 0.3 is 0 Å². The van der Waals surface area contributed by atoms with Gasteiger partial charge in [0.15, 0.2) is 0 Å². The highest BCUT2D eigenvalue weighted by Gasteiger charge is 2.20. The molecule has 30 heavy (non-hydrogen) atoms. The first-order chi connectivity index (χ1) is 14.5. The van der Waals surface area contributed by atoms with Crippen LogP contribution in [0.3, 0.4) is 0 Å². The molecule has 0 aliphatic carbocycles. The molecule has 0 spiro atoms. The summed E-state index contributed by atoms with van der Waals surface area (Å²) in [6.45, 7) is 2.02. The Bertz CT molecular complexity index is 1240. The third-order valence-electron chi connectivity index (χ3n) is 5.87. The van der Waals surface area contributed by atoms with E-state index < -0.39 is 5.82 Å². The lowest BCUT2D eigenvalue weighted by atomic mass is 10.1.